The predicted molar refractivity (Wildman–Crippen MR) is 215 cm³/mol. The summed E-state index contributed by atoms with van der Waals surface area (Å²) in [5.41, 5.74) is 4.46. The third-order valence-corrected chi connectivity index (χ3v) is 8.99. The van der Waals surface area contributed by atoms with Crippen LogP contribution in [0.3, 0.4) is 0 Å². The molecule has 0 heterocycles. The summed E-state index contributed by atoms with van der Waals surface area (Å²) in [4.78, 5) is 11.2. The number of halogens is 3. The van der Waals surface area contributed by atoms with Crippen LogP contribution in [0.4, 0.5) is 0 Å². The number of hydrogen-bond acceptors (Lipinski definition) is 9. The van der Waals surface area contributed by atoms with Crippen LogP contribution in [0.5, 0.6) is 23.0 Å². The molecule has 0 unspecified atom stereocenters. The summed E-state index contributed by atoms with van der Waals surface area (Å²) in [6, 6.07) is 31.4. The van der Waals surface area contributed by atoms with Crippen LogP contribution in [0.25, 0.3) is 0 Å². The Balaban J connectivity index is -0.000000795. The predicted octanol–water partition coefficient (Wildman–Crippen LogP) is 2.05. The molecular weight excluding hydrogens is 865 g/mol. The zero-order valence-electron chi connectivity index (χ0n) is 33.8. The van der Waals surface area contributed by atoms with Gasteiger partial charge in [-0.3, -0.25) is 4.79 Å². The summed E-state index contributed by atoms with van der Waals surface area (Å²) in [5.74, 6) is 4.05. The molecule has 9 nitrogen and oxygen atoms in total. The fourth-order valence-electron chi connectivity index (χ4n) is 4.74. The van der Waals surface area contributed by atoms with Crippen molar-refractivity contribution in [3.8, 4) is 23.0 Å². The van der Waals surface area contributed by atoms with E-state index < -0.39 is 0 Å². The first-order valence-corrected chi connectivity index (χ1v) is 19.3. The molecule has 0 amide bonds. The standard InChI is InChI=1S/C20H25ClO3.C17H20O3.C3H6BrCl.CH2O3.2K.H/c1-20(2,17-6-10-19(11-7-17)24-15-13-22)16-4-8-18(9-5-16)23-14-3-12-21;1-17(2,13-3-7-15(19)8-4-13)14-5-9-16(10-6-14)20-12-11-18;4-2-1-3-5;2-1-4-3;;;/h4-11,22H,3,12-15H2,1-2H3;3-10,18-19H,11-12H2,1-2H3;1-3H2;1,3H;;;/q;;;;2*+1;-1/p-1. The maximum absolute atomic E-state index is 9.37. The van der Waals surface area contributed by atoms with E-state index in [9.17, 15) is 5.11 Å². The van der Waals surface area contributed by atoms with Crippen molar-refractivity contribution >= 4 is 45.6 Å². The summed E-state index contributed by atoms with van der Waals surface area (Å²) in [6.07, 6.45) is 1.92. The minimum Gasteiger partial charge on any atom is -1.00 e. The molecule has 0 aliphatic rings. The van der Waals surface area contributed by atoms with Crippen LogP contribution in [0.15, 0.2) is 97.1 Å². The van der Waals surface area contributed by atoms with Crippen LogP contribution in [0, 0.1) is 0 Å². The van der Waals surface area contributed by atoms with Crippen molar-refractivity contribution in [2.24, 2.45) is 0 Å². The van der Waals surface area contributed by atoms with E-state index in [1.54, 1.807) is 12.1 Å². The van der Waals surface area contributed by atoms with Gasteiger partial charge in [0.05, 0.1) is 19.8 Å². The quantitative estimate of drug-likeness (QED) is 0.0364. The molecule has 0 aliphatic heterocycles. The summed E-state index contributed by atoms with van der Waals surface area (Å²) < 4.78 is 16.4. The molecule has 4 aromatic carbocycles. The van der Waals surface area contributed by atoms with Gasteiger partial charge in [-0.25, -0.2) is 0 Å². The molecule has 4 aromatic rings. The van der Waals surface area contributed by atoms with Gasteiger partial charge in [-0.1, -0.05) is 92.2 Å². The van der Waals surface area contributed by atoms with E-state index >= 15 is 0 Å². The van der Waals surface area contributed by atoms with Crippen molar-refractivity contribution in [3.05, 3.63) is 119 Å². The van der Waals surface area contributed by atoms with E-state index in [0.29, 0.717) is 25.7 Å². The number of carbonyl (C=O) groups is 1. The topological polar surface area (TPSA) is 138 Å². The molecule has 294 valence electrons. The van der Waals surface area contributed by atoms with Crippen molar-refractivity contribution in [1.29, 1.82) is 0 Å². The maximum Gasteiger partial charge on any atom is 1.00 e. The molecule has 0 fully saturated rings. The van der Waals surface area contributed by atoms with Crippen LogP contribution < -0.4 is 122 Å². The smallest absolute Gasteiger partial charge is 1.00 e. The van der Waals surface area contributed by atoms with Crippen LogP contribution >= 0.6 is 39.1 Å². The fraction of sp³-hybridized carbons (Fsp3) is 0.390. The second kappa shape index (κ2) is 33.6. The number of benzene rings is 4. The molecule has 0 spiro atoms. The molecule has 0 saturated heterocycles. The molecule has 0 radical (unpaired) electrons. The Kier molecular flexibility index (Phi) is 34.7. The number of phenols is 1. The van der Waals surface area contributed by atoms with Crippen molar-refractivity contribution in [1.82, 2.24) is 0 Å². The number of alkyl halides is 3. The number of aliphatic hydroxyl groups excluding tert-OH is 2. The molecule has 4 rings (SSSR count). The van der Waals surface area contributed by atoms with Gasteiger partial charge in [0.15, 0.2) is 0 Å². The van der Waals surface area contributed by atoms with Gasteiger partial charge >= 0.3 is 103 Å². The Morgan fingerprint density at radius 1 is 0.618 bits per heavy atom. The largest absolute Gasteiger partial charge is 1.00 e. The number of ether oxygens (including phenoxy) is 3. The van der Waals surface area contributed by atoms with E-state index in [1.165, 1.54) is 16.7 Å². The van der Waals surface area contributed by atoms with Gasteiger partial charge in [-0.15, -0.1) is 23.2 Å². The van der Waals surface area contributed by atoms with E-state index in [2.05, 4.69) is 72.8 Å². The van der Waals surface area contributed by atoms with Gasteiger partial charge in [0.1, 0.15) is 36.2 Å². The molecule has 0 saturated carbocycles. The SMILES string of the molecule is CC(C)(c1ccc(O)cc1)c1ccc(OCCO)cc1.CC(C)(c1ccc(OCCO)cc1)c1ccc(OCCCCl)cc1.ClCCCBr.O=CO[O-].[H-].[K+].[K+]. The average molecular weight is 919 g/mol. The Bertz CT molecular complexity index is 1520. The summed E-state index contributed by atoms with van der Waals surface area (Å²) in [7, 11) is 0. The molecule has 14 heteroatoms. The molecule has 0 aromatic heterocycles. The summed E-state index contributed by atoms with van der Waals surface area (Å²) >= 11 is 14.2. The van der Waals surface area contributed by atoms with Crippen molar-refractivity contribution in [2.75, 3.05) is 50.1 Å². The third kappa shape index (κ3) is 22.6. The monoisotopic (exact) mass is 916 g/mol. The molecule has 0 bridgehead atoms. The average Bonchev–Trinajstić information content (AvgIpc) is 3.18. The number of hydrogen-bond donors (Lipinski definition) is 3. The Labute approximate surface area is 431 Å². The minimum absolute atomic E-state index is 0. The molecule has 55 heavy (non-hydrogen) atoms. The number of phenolic OH excluding ortho intramolecular Hbond substituents is 1. The number of carbonyl (C=O) groups excluding carboxylic acids is 1. The van der Waals surface area contributed by atoms with Gasteiger partial charge in [-0.2, -0.15) is 0 Å². The zero-order chi connectivity index (χ0) is 39.5. The Morgan fingerprint density at radius 3 is 1.15 bits per heavy atom. The normalized spacial score (nSPS) is 10.2. The number of rotatable bonds is 17. The van der Waals surface area contributed by atoms with Crippen LogP contribution in [-0.2, 0) is 20.5 Å². The number of aromatic hydroxyl groups is 1. The van der Waals surface area contributed by atoms with Gasteiger partial charge in [0.2, 0.25) is 0 Å². The van der Waals surface area contributed by atoms with E-state index in [-0.39, 0.29) is 140 Å². The molecule has 0 atom stereocenters. The molecular formula is C41H53BrCl2K2O9. The second-order valence-electron chi connectivity index (χ2n) is 12.3. The zero-order valence-corrected chi connectivity index (χ0v) is 42.2. The summed E-state index contributed by atoms with van der Waals surface area (Å²) in [5, 5.41) is 36.4. The van der Waals surface area contributed by atoms with Crippen molar-refractivity contribution in [2.45, 2.75) is 51.4 Å². The van der Waals surface area contributed by atoms with Crippen molar-refractivity contribution < 1.29 is 149 Å². The fourth-order valence-corrected chi connectivity index (χ4v) is 5.58. The Hall–Kier alpha value is -0.237. The second-order valence-corrected chi connectivity index (χ2v) is 13.9. The number of aliphatic hydroxyl groups is 2. The molecule has 3 N–H and O–H groups in total. The van der Waals surface area contributed by atoms with Crippen LogP contribution in [-0.4, -0.2) is 71.9 Å². The van der Waals surface area contributed by atoms with Gasteiger partial charge in [0, 0.05) is 27.9 Å². The third-order valence-electron chi connectivity index (χ3n) is 7.89. The van der Waals surface area contributed by atoms with Gasteiger partial charge in [-0.05, 0) is 83.6 Å². The van der Waals surface area contributed by atoms with Crippen LogP contribution in [0.2, 0.25) is 0 Å². The maximum atomic E-state index is 9.37. The Morgan fingerprint density at radius 2 is 0.909 bits per heavy atom. The first-order valence-electron chi connectivity index (χ1n) is 17.1. The van der Waals surface area contributed by atoms with Crippen LogP contribution in [0.1, 0.15) is 64.2 Å². The van der Waals surface area contributed by atoms with Crippen molar-refractivity contribution in [3.63, 3.8) is 0 Å². The summed E-state index contributed by atoms with van der Waals surface area (Å²) in [6.45, 7) is 9.79. The van der Waals surface area contributed by atoms with E-state index in [1.807, 2.05) is 60.7 Å². The molecule has 0 aliphatic carbocycles. The first kappa shape index (κ1) is 56.9. The van der Waals surface area contributed by atoms with E-state index in [4.69, 9.17) is 57.7 Å². The van der Waals surface area contributed by atoms with E-state index in [0.717, 1.165) is 46.9 Å². The van der Waals surface area contributed by atoms with Gasteiger partial charge in [0.25, 0.3) is 6.47 Å². The minimum atomic E-state index is -0.181. The van der Waals surface area contributed by atoms with Gasteiger partial charge < -0.3 is 41.1 Å². The first-order chi connectivity index (χ1) is 25.4.